The zero-order valence-corrected chi connectivity index (χ0v) is 42.9. The van der Waals surface area contributed by atoms with Crippen molar-refractivity contribution in [1.82, 2.24) is 25.1 Å². The van der Waals surface area contributed by atoms with Crippen LogP contribution in [0, 0.1) is 23.7 Å². The number of hydrogen-bond acceptors (Lipinski definition) is 17. The lowest BCUT2D eigenvalue weighted by atomic mass is 9.73. The van der Waals surface area contributed by atoms with Crippen molar-refractivity contribution in [2.24, 2.45) is 23.7 Å². The molecule has 1 aromatic heterocycles. The highest BCUT2D eigenvalue weighted by Crippen LogP contribution is 2.42. The quantitative estimate of drug-likeness (QED) is 0.158. The van der Waals surface area contributed by atoms with Crippen LogP contribution in [-0.2, 0) is 52.3 Å². The molecule has 2 aromatic rings. The Labute approximate surface area is 411 Å². The second-order valence-electron chi connectivity index (χ2n) is 19.3. The first-order valence-corrected chi connectivity index (χ1v) is 24.3. The van der Waals surface area contributed by atoms with E-state index in [9.17, 15) is 28.8 Å². The number of cyclic esters (lactones) is 1. The molecule has 0 bridgehead atoms. The van der Waals surface area contributed by atoms with Gasteiger partial charge in [-0.3, -0.25) is 14.4 Å². The van der Waals surface area contributed by atoms with Gasteiger partial charge in [-0.05, 0) is 92.6 Å². The third-order valence-corrected chi connectivity index (χ3v) is 13.8. The molecular formula is C51H73N5O14. The molecule has 19 heteroatoms. The SMILES string of the molecule is CC[C@H]1OC(=O)[C@H](C)[C@@H](OC(=O)N(CC)CC)[C@H](C)[C@@H](O[C@@H]2O[C@H](C)C[C@H](N(C)C)[C@H]2OC(C)=O)[C@](C)(OC(=O)OCC=Cc2ccc(-c3ncccn3)cc2)C[C@@H](C)C(=O)[C@H](C)[C@H]2NC(=O)O[C@@]21C. The number of fused-ring (bicyclic) bond motifs is 1. The molecule has 0 aliphatic carbocycles. The summed E-state index contributed by atoms with van der Waals surface area (Å²) in [7, 11) is 3.67. The maximum atomic E-state index is 14.8. The summed E-state index contributed by atoms with van der Waals surface area (Å²) < 4.78 is 49.9. The fourth-order valence-corrected chi connectivity index (χ4v) is 10.1. The third kappa shape index (κ3) is 13.0. The molecule has 4 heterocycles. The minimum absolute atomic E-state index is 0.197. The van der Waals surface area contributed by atoms with Crippen LogP contribution >= 0.6 is 0 Å². The smallest absolute Gasteiger partial charge is 0.458 e. The second kappa shape index (κ2) is 24.0. The molecule has 0 unspecified atom stereocenters. The van der Waals surface area contributed by atoms with Crippen molar-refractivity contribution in [1.29, 1.82) is 0 Å². The summed E-state index contributed by atoms with van der Waals surface area (Å²) in [5.74, 6) is -5.28. The first kappa shape index (κ1) is 55.3. The Hall–Kier alpha value is -5.66. The number of rotatable bonds is 13. The molecular weight excluding hydrogens is 907 g/mol. The number of benzene rings is 1. The summed E-state index contributed by atoms with van der Waals surface area (Å²) >= 11 is 0. The van der Waals surface area contributed by atoms with E-state index in [0.29, 0.717) is 12.2 Å². The summed E-state index contributed by atoms with van der Waals surface area (Å²) in [6.07, 6.45) is -2.04. The molecule has 3 saturated heterocycles. The number of ketones is 1. The Morgan fingerprint density at radius 3 is 2.17 bits per heavy atom. The van der Waals surface area contributed by atoms with Gasteiger partial charge in [0, 0.05) is 55.7 Å². The van der Waals surface area contributed by atoms with E-state index in [2.05, 4.69) is 15.3 Å². The van der Waals surface area contributed by atoms with Crippen molar-refractivity contribution in [3.05, 3.63) is 54.4 Å². The second-order valence-corrected chi connectivity index (χ2v) is 19.3. The molecule has 1 aromatic carbocycles. The van der Waals surface area contributed by atoms with Crippen LogP contribution in [0.15, 0.2) is 48.8 Å². The molecule has 3 fully saturated rings. The molecule has 3 aliphatic heterocycles. The average molecular weight is 980 g/mol. The van der Waals surface area contributed by atoms with Gasteiger partial charge < -0.3 is 53.0 Å². The van der Waals surface area contributed by atoms with E-state index in [0.717, 1.165) is 11.1 Å². The van der Waals surface area contributed by atoms with E-state index < -0.39 is 114 Å². The van der Waals surface area contributed by atoms with Crippen LogP contribution in [0.2, 0.25) is 0 Å². The maximum Gasteiger partial charge on any atom is 0.509 e. The lowest BCUT2D eigenvalue weighted by molar-refractivity contribution is -0.301. The van der Waals surface area contributed by atoms with Gasteiger partial charge >= 0.3 is 30.3 Å². The average Bonchev–Trinajstić information content (AvgIpc) is 3.64. The van der Waals surface area contributed by atoms with Gasteiger partial charge in [0.2, 0.25) is 0 Å². The minimum atomic E-state index is -1.86. The van der Waals surface area contributed by atoms with E-state index in [4.69, 9.17) is 37.9 Å². The number of Topliss-reactive ketones (excluding diaryl/α,β-unsaturated/α-hetero) is 1. The Morgan fingerprint density at radius 2 is 1.57 bits per heavy atom. The largest absolute Gasteiger partial charge is 0.509 e. The Balaban J connectivity index is 1.62. The summed E-state index contributed by atoms with van der Waals surface area (Å²) in [6, 6.07) is 7.85. The number of hydrogen-bond donors (Lipinski definition) is 1. The Kier molecular flexibility index (Phi) is 18.9. The highest BCUT2D eigenvalue weighted by molar-refractivity contribution is 5.85. The molecule has 70 heavy (non-hydrogen) atoms. The van der Waals surface area contributed by atoms with Crippen LogP contribution in [0.5, 0.6) is 0 Å². The van der Waals surface area contributed by atoms with E-state index >= 15 is 0 Å². The summed E-state index contributed by atoms with van der Waals surface area (Å²) in [6.45, 7) is 18.5. The summed E-state index contributed by atoms with van der Waals surface area (Å²) in [4.78, 5) is 95.3. The van der Waals surface area contributed by atoms with Gasteiger partial charge in [-0.1, -0.05) is 58.0 Å². The van der Waals surface area contributed by atoms with E-state index in [-0.39, 0.29) is 38.3 Å². The topological polar surface area (TPSA) is 221 Å². The van der Waals surface area contributed by atoms with Crippen molar-refractivity contribution in [2.75, 3.05) is 33.8 Å². The van der Waals surface area contributed by atoms with Gasteiger partial charge in [-0.2, -0.15) is 0 Å². The zero-order chi connectivity index (χ0) is 51.7. The van der Waals surface area contributed by atoms with Crippen LogP contribution < -0.4 is 5.32 Å². The van der Waals surface area contributed by atoms with Crippen LogP contribution in [0.25, 0.3) is 17.5 Å². The van der Waals surface area contributed by atoms with E-state index in [1.165, 1.54) is 11.8 Å². The van der Waals surface area contributed by atoms with Crippen LogP contribution in [0.1, 0.15) is 101 Å². The zero-order valence-electron chi connectivity index (χ0n) is 42.9. The maximum absolute atomic E-state index is 14.8. The fourth-order valence-electron chi connectivity index (χ4n) is 10.1. The van der Waals surface area contributed by atoms with E-state index in [1.807, 2.05) is 50.2 Å². The number of ether oxygens (including phenoxy) is 8. The predicted octanol–water partition coefficient (Wildman–Crippen LogP) is 7.00. The first-order valence-electron chi connectivity index (χ1n) is 24.3. The minimum Gasteiger partial charge on any atom is -0.458 e. The standard InChI is InChI=1S/C51H73N5O14/c1-14-38-51(11)42(54-47(60)69-51)31(6)39(58)29(4)28-50(10,70-49(62)63-26-17-19-35-20-22-36(23-21-35)44-52-24-18-25-53-44)43(68-46-41(65-34(9)57)37(55(12)13)27-30(5)64-46)32(7)40(33(8)45(59)66-38)67-48(61)56(15-2)16-3/h17-25,29-33,37-38,40-43,46H,14-16,26-28H2,1-13H3,(H,54,60)/t29-,30-,31+,32+,33-,37+,38-,40+,41-,42-,43-,46+,50-,51-/m1/s1. The van der Waals surface area contributed by atoms with Crippen molar-refractivity contribution in [3.8, 4) is 11.4 Å². The Morgan fingerprint density at radius 1 is 0.914 bits per heavy atom. The van der Waals surface area contributed by atoms with Gasteiger partial charge in [0.1, 0.15) is 36.3 Å². The van der Waals surface area contributed by atoms with Crippen molar-refractivity contribution < 1.29 is 66.7 Å². The van der Waals surface area contributed by atoms with Crippen LogP contribution in [0.3, 0.4) is 0 Å². The molecule has 1 N–H and O–H groups in total. The number of nitrogens with zero attached hydrogens (tertiary/aromatic N) is 4. The number of nitrogens with one attached hydrogen (secondary N) is 1. The van der Waals surface area contributed by atoms with Gasteiger partial charge in [-0.15, -0.1) is 0 Å². The van der Waals surface area contributed by atoms with Crippen LogP contribution in [0.4, 0.5) is 14.4 Å². The number of likely N-dealkylation sites (N-methyl/N-ethyl adjacent to an activating group) is 1. The molecule has 19 nitrogen and oxygen atoms in total. The number of carbonyl (C=O) groups is 6. The van der Waals surface area contributed by atoms with Crippen molar-refractivity contribution in [2.45, 2.75) is 156 Å². The molecule has 386 valence electrons. The first-order chi connectivity index (χ1) is 33.1. The lowest BCUT2D eigenvalue weighted by Gasteiger charge is -2.48. The predicted molar refractivity (Wildman–Crippen MR) is 256 cm³/mol. The molecule has 0 saturated carbocycles. The van der Waals surface area contributed by atoms with Gasteiger partial charge in [0.25, 0.3) is 0 Å². The number of alkyl carbamates (subject to hydrolysis) is 1. The van der Waals surface area contributed by atoms with Crippen molar-refractivity contribution >= 4 is 42.1 Å². The number of carbonyl (C=O) groups excluding carboxylic acids is 6. The lowest BCUT2D eigenvalue weighted by Crippen LogP contribution is -2.62. The highest BCUT2D eigenvalue weighted by atomic mass is 16.8. The molecule has 5 rings (SSSR count). The van der Waals surface area contributed by atoms with Crippen LogP contribution in [-0.4, -0.2) is 150 Å². The summed E-state index contributed by atoms with van der Waals surface area (Å²) in [5.41, 5.74) is -1.73. The van der Waals surface area contributed by atoms with Gasteiger partial charge in [-0.25, -0.2) is 24.4 Å². The highest BCUT2D eigenvalue weighted by Gasteiger charge is 2.58. The Bertz CT molecular complexity index is 2160. The third-order valence-electron chi connectivity index (χ3n) is 13.8. The van der Waals surface area contributed by atoms with Crippen molar-refractivity contribution in [3.63, 3.8) is 0 Å². The molecule has 3 aliphatic rings. The van der Waals surface area contributed by atoms with Gasteiger partial charge in [0.15, 0.2) is 23.8 Å². The van der Waals surface area contributed by atoms with E-state index in [1.54, 1.807) is 92.9 Å². The number of esters is 2. The fraction of sp³-hybridized carbons (Fsp3) is 0.647. The molecule has 0 radical (unpaired) electrons. The number of amides is 2. The molecule has 0 spiro atoms. The monoisotopic (exact) mass is 980 g/mol. The normalized spacial score (nSPS) is 33.0. The number of aromatic nitrogens is 2. The summed E-state index contributed by atoms with van der Waals surface area (Å²) in [5, 5.41) is 2.79. The van der Waals surface area contributed by atoms with Gasteiger partial charge in [0.05, 0.1) is 24.1 Å². The molecule has 2 amide bonds. The molecule has 14 atom stereocenters.